The summed E-state index contributed by atoms with van der Waals surface area (Å²) in [6.45, 7) is 3.92. The van der Waals surface area contributed by atoms with Gasteiger partial charge in [0.15, 0.2) is 0 Å². The minimum Gasteiger partial charge on any atom is -0.398 e. The molecule has 4 nitrogen and oxygen atoms in total. The first kappa shape index (κ1) is 22.1. The summed E-state index contributed by atoms with van der Waals surface area (Å²) >= 11 is 0. The van der Waals surface area contributed by atoms with Crippen molar-refractivity contribution < 1.29 is 4.79 Å². The van der Waals surface area contributed by atoms with Crippen LogP contribution in [-0.4, -0.2) is 41.9 Å². The van der Waals surface area contributed by atoms with Gasteiger partial charge in [-0.15, -0.1) is 0 Å². The zero-order valence-corrected chi connectivity index (χ0v) is 20.9. The second-order valence-corrected chi connectivity index (χ2v) is 11.4. The Morgan fingerprint density at radius 1 is 0.861 bits per heavy atom. The molecule has 3 fully saturated rings. The summed E-state index contributed by atoms with van der Waals surface area (Å²) in [5.74, 6) is 1.30. The Balaban J connectivity index is 1.20. The van der Waals surface area contributed by atoms with Crippen molar-refractivity contribution in [3.05, 3.63) is 89.0 Å². The predicted octanol–water partition coefficient (Wildman–Crippen LogP) is 5.63. The molecule has 3 atom stereocenters. The van der Waals surface area contributed by atoms with E-state index < -0.39 is 0 Å². The van der Waals surface area contributed by atoms with Crippen LogP contribution in [0.4, 0.5) is 5.69 Å². The highest BCUT2D eigenvalue weighted by Crippen LogP contribution is 2.46. The van der Waals surface area contributed by atoms with Crippen molar-refractivity contribution in [3.8, 4) is 11.1 Å². The summed E-state index contributed by atoms with van der Waals surface area (Å²) in [6.07, 6.45) is 5.64. The third-order valence-electron chi connectivity index (χ3n) is 9.18. The molecule has 0 aromatic heterocycles. The van der Waals surface area contributed by atoms with Crippen LogP contribution in [0.15, 0.2) is 66.7 Å². The lowest BCUT2D eigenvalue weighted by molar-refractivity contribution is -0.146. The number of nitrogen functional groups attached to an aromatic ring is 1. The Kier molecular flexibility index (Phi) is 5.39. The third-order valence-corrected chi connectivity index (χ3v) is 9.18. The van der Waals surface area contributed by atoms with E-state index >= 15 is 0 Å². The van der Waals surface area contributed by atoms with Crippen LogP contribution in [0.3, 0.4) is 0 Å². The number of hydrogen-bond acceptors (Lipinski definition) is 3. The number of piperidine rings is 1. The van der Waals surface area contributed by atoms with Crippen LogP contribution in [-0.2, 0) is 11.2 Å². The fraction of sp³-hybridized carbons (Fsp3) is 0.406. The van der Waals surface area contributed by atoms with Gasteiger partial charge in [0.1, 0.15) is 0 Å². The van der Waals surface area contributed by atoms with Crippen molar-refractivity contribution >= 4 is 11.6 Å². The third kappa shape index (κ3) is 3.74. The highest BCUT2D eigenvalue weighted by Gasteiger charge is 2.44. The van der Waals surface area contributed by atoms with E-state index in [1.54, 1.807) is 0 Å². The second-order valence-electron chi connectivity index (χ2n) is 11.4. The molecule has 0 unspecified atom stereocenters. The lowest BCUT2D eigenvalue weighted by atomic mass is 9.77. The van der Waals surface area contributed by atoms with Crippen LogP contribution in [0.1, 0.15) is 59.9 Å². The predicted molar refractivity (Wildman–Crippen MR) is 145 cm³/mol. The van der Waals surface area contributed by atoms with E-state index in [0.717, 1.165) is 57.0 Å². The van der Waals surface area contributed by atoms with Crippen molar-refractivity contribution in [3.63, 3.8) is 0 Å². The zero-order valence-electron chi connectivity index (χ0n) is 20.9. The van der Waals surface area contributed by atoms with Gasteiger partial charge in [0.05, 0.1) is 12.0 Å². The van der Waals surface area contributed by atoms with Gasteiger partial charge >= 0.3 is 0 Å². The lowest BCUT2D eigenvalue weighted by Crippen LogP contribution is -2.53. The van der Waals surface area contributed by atoms with Crippen molar-refractivity contribution in [2.45, 2.75) is 44.1 Å². The fourth-order valence-electron chi connectivity index (χ4n) is 6.94. The number of likely N-dealkylation sites (tertiary alicyclic amines) is 2. The molecular formula is C32H35N3O. The molecule has 184 valence electrons. The van der Waals surface area contributed by atoms with Crippen molar-refractivity contribution in [1.82, 2.24) is 9.80 Å². The summed E-state index contributed by atoms with van der Waals surface area (Å²) < 4.78 is 0. The van der Waals surface area contributed by atoms with Gasteiger partial charge in [-0.3, -0.25) is 4.79 Å². The number of nitrogens with zero attached hydrogens (tertiary/aromatic N) is 2. The highest BCUT2D eigenvalue weighted by molar-refractivity contribution is 5.85. The van der Waals surface area contributed by atoms with Gasteiger partial charge in [-0.25, -0.2) is 0 Å². The molecule has 2 aliphatic heterocycles. The van der Waals surface area contributed by atoms with E-state index in [1.807, 2.05) is 0 Å². The van der Waals surface area contributed by atoms with Crippen molar-refractivity contribution in [1.29, 1.82) is 0 Å². The van der Waals surface area contributed by atoms with E-state index in [9.17, 15) is 4.79 Å². The SMILES string of the molecule is Nc1c([C@H]2CCN(CC3CC3)C[C@H]2C(=O)N2CC[C@@H]2c2ccccc2)ccc2c1Cc1ccccc1-2. The van der Waals surface area contributed by atoms with Crippen LogP contribution in [0.25, 0.3) is 11.1 Å². The van der Waals surface area contributed by atoms with Gasteiger partial charge in [-0.05, 0) is 77.4 Å². The van der Waals surface area contributed by atoms with E-state index in [4.69, 9.17) is 5.73 Å². The number of rotatable bonds is 5. The van der Waals surface area contributed by atoms with Crippen molar-refractivity contribution in [2.24, 2.45) is 11.8 Å². The maximum atomic E-state index is 14.2. The Hall–Kier alpha value is -3.11. The first-order valence-electron chi connectivity index (χ1n) is 13.7. The molecule has 3 aromatic carbocycles. The van der Waals surface area contributed by atoms with Gasteiger partial charge < -0.3 is 15.5 Å². The molecule has 2 heterocycles. The summed E-state index contributed by atoms with van der Waals surface area (Å²) in [5, 5.41) is 0. The van der Waals surface area contributed by atoms with Gasteiger partial charge in [0.2, 0.25) is 5.91 Å². The monoisotopic (exact) mass is 477 g/mol. The number of anilines is 1. The number of amides is 1. The Morgan fingerprint density at radius 2 is 1.67 bits per heavy atom. The molecule has 0 spiro atoms. The summed E-state index contributed by atoms with van der Waals surface area (Å²) in [7, 11) is 0. The normalized spacial score (nSPS) is 25.2. The number of carbonyl (C=O) groups is 1. The minimum absolute atomic E-state index is 0.0341. The molecule has 1 amide bonds. The standard InChI is InChI=1S/C32H35N3O/c33-31-27(13-12-25-24-9-5-4-8-23(24)18-28(25)31)26-14-16-34(19-21-10-11-21)20-29(26)32(36)35-17-15-30(35)22-6-2-1-3-7-22/h1-9,12-13,21,26,29-30H,10-11,14-20,33H2/t26-,29-,30-/m1/s1. The molecule has 1 saturated carbocycles. The molecule has 4 aliphatic rings. The molecule has 0 bridgehead atoms. The van der Waals surface area contributed by atoms with E-state index in [2.05, 4.69) is 76.5 Å². The molecule has 2 aliphatic carbocycles. The Labute approximate surface area is 214 Å². The molecule has 2 saturated heterocycles. The van der Waals surface area contributed by atoms with E-state index in [1.165, 1.54) is 46.2 Å². The fourth-order valence-corrected chi connectivity index (χ4v) is 6.94. The molecule has 36 heavy (non-hydrogen) atoms. The molecule has 2 N–H and O–H groups in total. The number of fused-ring (bicyclic) bond motifs is 3. The zero-order chi connectivity index (χ0) is 24.2. The first-order valence-corrected chi connectivity index (χ1v) is 13.7. The van der Waals surface area contributed by atoms with Crippen LogP contribution >= 0.6 is 0 Å². The summed E-state index contributed by atoms with van der Waals surface area (Å²) in [5.41, 5.74) is 15.5. The lowest BCUT2D eigenvalue weighted by Gasteiger charge is -2.47. The maximum absolute atomic E-state index is 14.2. The number of benzene rings is 3. The van der Waals surface area contributed by atoms with E-state index in [0.29, 0.717) is 5.91 Å². The number of carbonyl (C=O) groups excluding carboxylic acids is 1. The van der Waals surface area contributed by atoms with Crippen LogP contribution in [0.5, 0.6) is 0 Å². The van der Waals surface area contributed by atoms with Gasteiger partial charge in [0.25, 0.3) is 0 Å². The van der Waals surface area contributed by atoms with E-state index in [-0.39, 0.29) is 17.9 Å². The molecular weight excluding hydrogens is 442 g/mol. The smallest absolute Gasteiger partial charge is 0.228 e. The maximum Gasteiger partial charge on any atom is 0.228 e. The average molecular weight is 478 g/mol. The second kappa shape index (κ2) is 8.77. The van der Waals surface area contributed by atoms with Gasteiger partial charge in [0, 0.05) is 31.7 Å². The van der Waals surface area contributed by atoms with Crippen LogP contribution in [0.2, 0.25) is 0 Å². The minimum atomic E-state index is -0.0341. The Bertz CT molecular complexity index is 1300. The summed E-state index contributed by atoms with van der Waals surface area (Å²) in [4.78, 5) is 18.9. The summed E-state index contributed by atoms with van der Waals surface area (Å²) in [6, 6.07) is 23.9. The molecule has 0 radical (unpaired) electrons. The highest BCUT2D eigenvalue weighted by atomic mass is 16.2. The number of nitrogens with two attached hydrogens (primary N) is 1. The first-order chi connectivity index (χ1) is 17.7. The molecule has 7 rings (SSSR count). The average Bonchev–Trinajstić information content (AvgIpc) is 3.61. The largest absolute Gasteiger partial charge is 0.398 e. The van der Waals surface area contributed by atoms with Crippen molar-refractivity contribution in [2.75, 3.05) is 31.9 Å². The van der Waals surface area contributed by atoms with Crippen LogP contribution in [0, 0.1) is 11.8 Å². The van der Waals surface area contributed by atoms with Gasteiger partial charge in [-0.1, -0.05) is 66.7 Å². The van der Waals surface area contributed by atoms with Gasteiger partial charge in [-0.2, -0.15) is 0 Å². The Morgan fingerprint density at radius 3 is 2.44 bits per heavy atom. The topological polar surface area (TPSA) is 49.6 Å². The van der Waals surface area contributed by atoms with Crippen LogP contribution < -0.4 is 5.73 Å². The number of hydrogen-bond donors (Lipinski definition) is 1. The molecule has 3 aromatic rings. The molecule has 4 heteroatoms. The quantitative estimate of drug-likeness (QED) is 0.379.